The molecule has 2 atom stereocenters. The molecule has 9 heteroatoms. The maximum Gasteiger partial charge on any atom is 0.326 e. The highest BCUT2D eigenvalue weighted by Gasteiger charge is 2.37. The summed E-state index contributed by atoms with van der Waals surface area (Å²) in [5, 5.41) is 14.4. The number of hydrogen-bond acceptors (Lipinski definition) is 4. The molecule has 0 fully saturated rings. The largest absolute Gasteiger partial charge is 0.480 e. The molecule has 1 rings (SSSR count). The van der Waals surface area contributed by atoms with E-state index in [1.54, 1.807) is 6.07 Å². The van der Waals surface area contributed by atoms with Crippen molar-refractivity contribution in [2.75, 3.05) is 6.61 Å². The van der Waals surface area contributed by atoms with Crippen molar-refractivity contribution in [3.8, 4) is 0 Å². The number of carboxylic acid groups (broad SMARTS) is 1. The van der Waals surface area contributed by atoms with Gasteiger partial charge >= 0.3 is 5.97 Å². The van der Waals surface area contributed by atoms with Gasteiger partial charge in [0, 0.05) is 26.4 Å². The number of aliphatic carboxylic acids is 1. The Morgan fingerprint density at radius 2 is 1.73 bits per heavy atom. The normalized spacial score (nSPS) is 14.0. The lowest BCUT2D eigenvalue weighted by molar-refractivity contribution is -0.142. The van der Waals surface area contributed by atoms with Crippen molar-refractivity contribution in [1.82, 2.24) is 10.6 Å². The molecule has 0 spiro atoms. The maximum absolute atomic E-state index is 14.0. The maximum atomic E-state index is 14.0. The van der Waals surface area contributed by atoms with E-state index in [0.717, 1.165) is 0 Å². The van der Waals surface area contributed by atoms with E-state index in [9.17, 15) is 23.9 Å². The van der Waals surface area contributed by atoms with Gasteiger partial charge in [0.2, 0.25) is 11.8 Å². The summed E-state index contributed by atoms with van der Waals surface area (Å²) in [6.45, 7) is 11.8. The summed E-state index contributed by atoms with van der Waals surface area (Å²) < 4.78 is 20.0. The second kappa shape index (κ2) is 10.7. The van der Waals surface area contributed by atoms with E-state index in [1.807, 2.05) is 0 Å². The average molecular weight is 441 g/mol. The first-order valence-corrected chi connectivity index (χ1v) is 12.8. The first-order valence-electron chi connectivity index (χ1n) is 9.92. The van der Waals surface area contributed by atoms with Gasteiger partial charge in [0.1, 0.15) is 17.9 Å². The van der Waals surface area contributed by atoms with Gasteiger partial charge in [-0.15, -0.1) is 0 Å². The van der Waals surface area contributed by atoms with Gasteiger partial charge in [-0.25, -0.2) is 9.18 Å². The second-order valence-electron chi connectivity index (χ2n) is 8.85. The Hall–Kier alpha value is -2.26. The fourth-order valence-corrected chi connectivity index (χ4v) is 3.58. The minimum Gasteiger partial charge on any atom is -0.480 e. The molecule has 0 aliphatic rings. The molecule has 0 aliphatic heterocycles. The van der Waals surface area contributed by atoms with Crippen LogP contribution in [0.3, 0.4) is 0 Å². The zero-order chi connectivity index (χ0) is 23.1. The fraction of sp³-hybridized carbons (Fsp3) is 0.571. The minimum absolute atomic E-state index is 0.0226. The van der Waals surface area contributed by atoms with Crippen LogP contribution in [-0.2, 0) is 25.2 Å². The zero-order valence-electron chi connectivity index (χ0n) is 18.5. The lowest BCUT2D eigenvalue weighted by atomic mass is 10.0. The summed E-state index contributed by atoms with van der Waals surface area (Å²) in [5.41, 5.74) is 0.250. The van der Waals surface area contributed by atoms with Gasteiger partial charge in [-0.3, -0.25) is 9.59 Å². The molecular formula is C21H33FN2O5Si. The molecule has 0 unspecified atom stereocenters. The topological polar surface area (TPSA) is 105 Å². The number of nitrogens with one attached hydrogen (secondary N) is 2. The number of carbonyl (C=O) groups is 3. The minimum atomic E-state index is -2.05. The summed E-state index contributed by atoms with van der Waals surface area (Å²) in [4.78, 5) is 35.8. The number of rotatable bonds is 10. The van der Waals surface area contributed by atoms with E-state index < -0.39 is 44.0 Å². The Labute approximate surface area is 178 Å². The van der Waals surface area contributed by atoms with E-state index in [4.69, 9.17) is 4.43 Å². The summed E-state index contributed by atoms with van der Waals surface area (Å²) >= 11 is 0. The van der Waals surface area contributed by atoms with Gasteiger partial charge in [-0.05, 0) is 29.8 Å². The molecule has 0 saturated carbocycles. The van der Waals surface area contributed by atoms with Crippen LogP contribution < -0.4 is 10.6 Å². The Bertz CT molecular complexity index is 764. The van der Waals surface area contributed by atoms with Crippen molar-refractivity contribution in [1.29, 1.82) is 0 Å². The van der Waals surface area contributed by atoms with Crippen LogP contribution in [0.1, 0.15) is 39.7 Å². The van der Waals surface area contributed by atoms with Crippen molar-refractivity contribution >= 4 is 26.1 Å². The second-order valence-corrected chi connectivity index (χ2v) is 13.7. The van der Waals surface area contributed by atoms with Crippen LogP contribution in [0.15, 0.2) is 24.3 Å². The fourth-order valence-electron chi connectivity index (χ4n) is 2.52. The standard InChI is InChI=1S/C21H33FN2O5Si/c1-14(25)23-18(13-15-9-7-8-10-16(15)22)19(26)24-17(20(27)28)11-12-29-30(5,6)21(2,3)4/h7-10,17-18H,11-13H2,1-6H3,(H,23,25)(H,24,26)(H,27,28)/t17-,18+/m0/s1. The predicted molar refractivity (Wildman–Crippen MR) is 115 cm³/mol. The first kappa shape index (κ1) is 25.8. The lowest BCUT2D eigenvalue weighted by Gasteiger charge is -2.36. The highest BCUT2D eigenvalue weighted by molar-refractivity contribution is 6.74. The smallest absolute Gasteiger partial charge is 0.326 e. The molecule has 0 aromatic heterocycles. The van der Waals surface area contributed by atoms with Gasteiger partial charge in [0.25, 0.3) is 0 Å². The molecule has 1 aromatic rings. The molecule has 30 heavy (non-hydrogen) atoms. The highest BCUT2D eigenvalue weighted by atomic mass is 28.4. The lowest BCUT2D eigenvalue weighted by Crippen LogP contribution is -2.52. The van der Waals surface area contributed by atoms with Gasteiger partial charge in [0.15, 0.2) is 8.32 Å². The summed E-state index contributed by atoms with van der Waals surface area (Å²) in [6, 6.07) is 3.64. The monoisotopic (exact) mass is 440 g/mol. The number of carbonyl (C=O) groups excluding carboxylic acids is 2. The van der Waals surface area contributed by atoms with Crippen molar-refractivity contribution < 1.29 is 28.3 Å². The molecule has 0 radical (unpaired) electrons. The van der Waals surface area contributed by atoms with Crippen molar-refractivity contribution in [2.24, 2.45) is 0 Å². The number of halogens is 1. The third-order valence-corrected chi connectivity index (χ3v) is 9.90. The summed E-state index contributed by atoms with van der Waals surface area (Å²) in [7, 11) is -2.05. The predicted octanol–water partition coefficient (Wildman–Crippen LogP) is 2.85. The van der Waals surface area contributed by atoms with Gasteiger partial charge in [-0.2, -0.15) is 0 Å². The van der Waals surface area contributed by atoms with Gasteiger partial charge < -0.3 is 20.2 Å². The summed E-state index contributed by atoms with van der Waals surface area (Å²) in [5.74, 6) is -2.86. The number of carboxylic acids is 1. The van der Waals surface area contributed by atoms with Gasteiger partial charge in [-0.1, -0.05) is 39.0 Å². The van der Waals surface area contributed by atoms with E-state index in [2.05, 4.69) is 44.5 Å². The number of benzene rings is 1. The Morgan fingerprint density at radius 1 is 1.13 bits per heavy atom. The van der Waals surface area contributed by atoms with Crippen LogP contribution >= 0.6 is 0 Å². The molecule has 1 aromatic carbocycles. The quantitative estimate of drug-likeness (QED) is 0.485. The van der Waals surface area contributed by atoms with Crippen LogP contribution in [0.5, 0.6) is 0 Å². The Morgan fingerprint density at radius 3 is 2.23 bits per heavy atom. The van der Waals surface area contributed by atoms with E-state index in [1.165, 1.54) is 25.1 Å². The molecule has 3 N–H and O–H groups in total. The zero-order valence-corrected chi connectivity index (χ0v) is 19.5. The van der Waals surface area contributed by atoms with Gasteiger partial charge in [0.05, 0.1) is 0 Å². The molecule has 0 heterocycles. The third kappa shape index (κ3) is 7.87. The van der Waals surface area contributed by atoms with Crippen LogP contribution in [0, 0.1) is 5.82 Å². The average Bonchev–Trinajstić information content (AvgIpc) is 2.60. The molecule has 7 nitrogen and oxygen atoms in total. The summed E-state index contributed by atoms with van der Waals surface area (Å²) in [6.07, 6.45) is -0.00896. The highest BCUT2D eigenvalue weighted by Crippen LogP contribution is 2.36. The Kier molecular flexibility index (Phi) is 9.17. The van der Waals surface area contributed by atoms with Crippen LogP contribution in [0.25, 0.3) is 0 Å². The van der Waals surface area contributed by atoms with E-state index >= 15 is 0 Å². The molecular weight excluding hydrogens is 407 g/mol. The van der Waals surface area contributed by atoms with E-state index in [-0.39, 0.29) is 30.1 Å². The molecule has 2 amide bonds. The molecule has 0 aliphatic carbocycles. The number of hydrogen-bond donors (Lipinski definition) is 3. The van der Waals surface area contributed by atoms with Crippen molar-refractivity contribution in [3.63, 3.8) is 0 Å². The van der Waals surface area contributed by atoms with Crippen molar-refractivity contribution in [3.05, 3.63) is 35.6 Å². The molecule has 0 bridgehead atoms. The van der Waals surface area contributed by atoms with Crippen LogP contribution in [0.4, 0.5) is 4.39 Å². The molecule has 0 saturated heterocycles. The van der Waals surface area contributed by atoms with Crippen LogP contribution in [0.2, 0.25) is 18.1 Å². The first-order chi connectivity index (χ1) is 13.7. The third-order valence-electron chi connectivity index (χ3n) is 5.37. The van der Waals surface area contributed by atoms with Crippen LogP contribution in [-0.4, -0.2) is 49.9 Å². The van der Waals surface area contributed by atoms with Crippen molar-refractivity contribution in [2.45, 2.75) is 70.8 Å². The SMILES string of the molecule is CC(=O)N[C@H](Cc1ccccc1F)C(=O)N[C@@H](CCO[Si](C)(C)C(C)(C)C)C(=O)O. The van der Waals surface area contributed by atoms with E-state index in [0.29, 0.717) is 0 Å². The Balaban J connectivity index is 2.83. The molecule has 168 valence electrons. The number of amides is 2.